The van der Waals surface area contributed by atoms with Crippen LogP contribution in [0.2, 0.25) is 0 Å². The predicted octanol–water partition coefficient (Wildman–Crippen LogP) is 3.19. The van der Waals surface area contributed by atoms with Crippen LogP contribution in [0, 0.1) is 5.92 Å². The molecule has 2 aliphatic heterocycles. The maximum atomic E-state index is 10.5. The molecule has 2 bridgehead atoms. The average molecular weight is 301 g/mol. The molecule has 0 amide bonds. The summed E-state index contributed by atoms with van der Waals surface area (Å²) in [4.78, 5) is 2.55. The van der Waals surface area contributed by atoms with E-state index in [0.717, 1.165) is 18.7 Å². The molecule has 2 heterocycles. The Labute approximate surface area is 131 Å². The lowest BCUT2D eigenvalue weighted by atomic mass is 9.52. The first-order chi connectivity index (χ1) is 10.7. The highest BCUT2D eigenvalue weighted by atomic mass is 16.6. The van der Waals surface area contributed by atoms with E-state index in [1.54, 1.807) is 7.11 Å². The van der Waals surface area contributed by atoms with Crippen LogP contribution in [0.15, 0.2) is 0 Å². The minimum atomic E-state index is 0.187. The van der Waals surface area contributed by atoms with Crippen LogP contribution in [0.5, 0.6) is 23.0 Å². The zero-order valence-electron chi connectivity index (χ0n) is 13.3. The molecule has 1 aromatic rings. The van der Waals surface area contributed by atoms with Crippen molar-refractivity contribution < 1.29 is 14.6 Å². The van der Waals surface area contributed by atoms with Crippen molar-refractivity contribution in [2.45, 2.75) is 50.0 Å². The van der Waals surface area contributed by atoms with Gasteiger partial charge < -0.3 is 19.5 Å². The Balaban J connectivity index is 1.80. The normalized spacial score (nSPS) is 35.0. The Kier molecular flexibility index (Phi) is 2.44. The monoisotopic (exact) mass is 301 g/mol. The third-order valence-corrected chi connectivity index (χ3v) is 6.76. The Bertz CT molecular complexity index is 671. The summed E-state index contributed by atoms with van der Waals surface area (Å²) in [5.41, 5.74) is 2.80. The molecule has 0 aromatic heterocycles. The van der Waals surface area contributed by atoms with E-state index in [4.69, 9.17) is 9.47 Å². The summed E-state index contributed by atoms with van der Waals surface area (Å²) < 4.78 is 11.3. The van der Waals surface area contributed by atoms with Gasteiger partial charge >= 0.3 is 0 Å². The van der Waals surface area contributed by atoms with Crippen LogP contribution in [-0.2, 0) is 11.8 Å². The van der Waals surface area contributed by atoms with Crippen LogP contribution >= 0.6 is 0 Å². The minimum absolute atomic E-state index is 0.187. The molecule has 4 nitrogen and oxygen atoms in total. The molecule has 0 unspecified atom stereocenters. The minimum Gasteiger partial charge on any atom is -0.502 e. The van der Waals surface area contributed by atoms with Crippen molar-refractivity contribution in [1.82, 2.24) is 4.90 Å². The number of hydrogen-bond acceptors (Lipinski definition) is 4. The highest BCUT2D eigenvalue weighted by Crippen LogP contribution is 2.67. The fourth-order valence-corrected chi connectivity index (χ4v) is 5.75. The standard InChI is InChI=1S/C18H23NO3/c1-19-8-7-18-6-4-3-5-11(18)12(19)9-10-13(18)16(21-2)14(20)17-15(10)22-17/h11-12,20H,3-9H2,1-2H3/t11-,12+,18+/m0/s1. The Morgan fingerprint density at radius 3 is 2.95 bits per heavy atom. The molecule has 0 radical (unpaired) electrons. The van der Waals surface area contributed by atoms with Gasteiger partial charge in [-0.25, -0.2) is 0 Å². The largest absolute Gasteiger partial charge is 0.502 e. The number of aromatic hydroxyl groups is 1. The average Bonchev–Trinajstić information content (AvgIpc) is 3.33. The number of hydrogen-bond donors (Lipinski definition) is 1. The van der Waals surface area contributed by atoms with E-state index in [1.807, 2.05) is 0 Å². The van der Waals surface area contributed by atoms with E-state index in [-0.39, 0.29) is 11.2 Å². The Morgan fingerprint density at radius 2 is 2.14 bits per heavy atom. The van der Waals surface area contributed by atoms with Crippen LogP contribution in [0.4, 0.5) is 0 Å². The lowest BCUT2D eigenvalue weighted by molar-refractivity contribution is 0.00138. The third kappa shape index (κ3) is 1.38. The quantitative estimate of drug-likeness (QED) is 0.822. The maximum absolute atomic E-state index is 10.5. The first-order valence-corrected chi connectivity index (χ1v) is 8.52. The van der Waals surface area contributed by atoms with Crippen LogP contribution in [0.1, 0.15) is 43.2 Å². The number of ether oxygens (including phenoxy) is 2. The number of benzene rings is 1. The van der Waals surface area contributed by atoms with Gasteiger partial charge in [-0.3, -0.25) is 0 Å². The molecule has 1 aromatic carbocycles. The van der Waals surface area contributed by atoms with Crippen molar-refractivity contribution in [3.05, 3.63) is 11.1 Å². The van der Waals surface area contributed by atoms with E-state index < -0.39 is 0 Å². The summed E-state index contributed by atoms with van der Waals surface area (Å²) in [6, 6.07) is 0.615. The molecule has 4 aliphatic rings. The van der Waals surface area contributed by atoms with Gasteiger partial charge in [-0.1, -0.05) is 12.8 Å². The number of likely N-dealkylation sites (N-methyl/N-ethyl adjacent to an activating group) is 1. The molecule has 1 saturated heterocycles. The van der Waals surface area contributed by atoms with Crippen molar-refractivity contribution >= 4 is 0 Å². The highest BCUT2D eigenvalue weighted by Gasteiger charge is 2.57. The van der Waals surface area contributed by atoms with E-state index in [2.05, 4.69) is 11.9 Å². The molecule has 0 spiro atoms. The summed E-state index contributed by atoms with van der Waals surface area (Å²) in [6.07, 6.45) is 7.36. The maximum Gasteiger partial charge on any atom is 0.215 e. The first kappa shape index (κ1) is 13.1. The highest BCUT2D eigenvalue weighted by molar-refractivity contribution is 5.76. The first-order valence-electron chi connectivity index (χ1n) is 8.52. The van der Waals surface area contributed by atoms with Crippen LogP contribution in [0.3, 0.4) is 0 Å². The van der Waals surface area contributed by atoms with E-state index in [0.29, 0.717) is 23.5 Å². The van der Waals surface area contributed by atoms with Gasteiger partial charge in [0.1, 0.15) is 0 Å². The SMILES string of the molecule is COc1c(O)c2c(c3c1[C@@]14CCCC[C@H]1[C@@H](C3)N(C)CC4)O2. The smallest absolute Gasteiger partial charge is 0.215 e. The van der Waals surface area contributed by atoms with Gasteiger partial charge in [-0.15, -0.1) is 0 Å². The lowest BCUT2D eigenvalue weighted by Gasteiger charge is -2.58. The van der Waals surface area contributed by atoms with E-state index in [9.17, 15) is 5.11 Å². The summed E-state index contributed by atoms with van der Waals surface area (Å²) >= 11 is 0. The Hall–Kier alpha value is -1.42. The summed E-state index contributed by atoms with van der Waals surface area (Å²) in [5.74, 6) is 3.21. The molecule has 2 aliphatic carbocycles. The van der Waals surface area contributed by atoms with Crippen LogP contribution < -0.4 is 9.47 Å². The Morgan fingerprint density at radius 1 is 1.27 bits per heavy atom. The van der Waals surface area contributed by atoms with Gasteiger partial charge in [0.25, 0.3) is 0 Å². The third-order valence-electron chi connectivity index (χ3n) is 6.76. The second-order valence-electron chi connectivity index (χ2n) is 7.51. The molecule has 118 valence electrons. The van der Waals surface area contributed by atoms with Crippen molar-refractivity contribution in [1.29, 1.82) is 0 Å². The van der Waals surface area contributed by atoms with Gasteiger partial charge in [0, 0.05) is 22.6 Å². The molecular weight excluding hydrogens is 278 g/mol. The van der Waals surface area contributed by atoms with Gasteiger partial charge in [0.15, 0.2) is 11.5 Å². The number of phenols is 1. The molecular formula is C18H23NO3. The molecule has 22 heavy (non-hydrogen) atoms. The van der Waals surface area contributed by atoms with Crippen LogP contribution in [0.25, 0.3) is 0 Å². The van der Waals surface area contributed by atoms with Crippen molar-refractivity contribution in [2.75, 3.05) is 20.7 Å². The number of likely N-dealkylation sites (tertiary alicyclic amines) is 1. The molecule has 1 saturated carbocycles. The van der Waals surface area contributed by atoms with Crippen molar-refractivity contribution in [2.24, 2.45) is 5.92 Å². The fraction of sp³-hybridized carbons (Fsp3) is 0.667. The van der Waals surface area contributed by atoms with E-state index in [1.165, 1.54) is 43.2 Å². The fourth-order valence-electron chi connectivity index (χ4n) is 5.75. The van der Waals surface area contributed by atoms with Crippen molar-refractivity contribution in [3.8, 4) is 23.0 Å². The molecule has 2 fully saturated rings. The van der Waals surface area contributed by atoms with Gasteiger partial charge in [-0.2, -0.15) is 0 Å². The van der Waals surface area contributed by atoms with Crippen LogP contribution in [-0.4, -0.2) is 36.8 Å². The summed E-state index contributed by atoms with van der Waals surface area (Å²) in [6.45, 7) is 1.14. The number of phenolic OH excluding ortho intramolecular Hbond substituents is 1. The van der Waals surface area contributed by atoms with E-state index >= 15 is 0 Å². The number of piperidine rings is 1. The topological polar surface area (TPSA) is 45.2 Å². The van der Waals surface area contributed by atoms with Gasteiger partial charge in [-0.05, 0) is 45.2 Å². The lowest BCUT2D eigenvalue weighted by Crippen LogP contribution is -2.59. The number of nitrogens with zero attached hydrogens (tertiary/aromatic N) is 1. The molecule has 5 rings (SSSR count). The second-order valence-corrected chi connectivity index (χ2v) is 7.51. The number of methoxy groups -OCH3 is 1. The molecule has 4 heteroatoms. The van der Waals surface area contributed by atoms with Gasteiger partial charge in [0.2, 0.25) is 11.5 Å². The second kappa shape index (κ2) is 4.10. The number of fused-ring (bicyclic) bond motifs is 3. The van der Waals surface area contributed by atoms with Gasteiger partial charge in [0.05, 0.1) is 7.11 Å². The summed E-state index contributed by atoms with van der Waals surface area (Å²) in [7, 11) is 3.95. The molecule has 3 atom stereocenters. The summed E-state index contributed by atoms with van der Waals surface area (Å²) in [5, 5.41) is 10.5. The zero-order valence-corrected chi connectivity index (χ0v) is 13.3. The molecule has 1 N–H and O–H groups in total. The van der Waals surface area contributed by atoms with Crippen molar-refractivity contribution in [3.63, 3.8) is 0 Å². The zero-order chi connectivity index (χ0) is 15.1. The predicted molar refractivity (Wildman–Crippen MR) is 83.1 cm³/mol. The number of rotatable bonds is 1.